The Morgan fingerprint density at radius 1 is 1.31 bits per heavy atom. The van der Waals surface area contributed by atoms with Gasteiger partial charge in [0.1, 0.15) is 11.2 Å². The maximum atomic E-state index is 12.1. The molecule has 2 aromatic heterocycles. The highest BCUT2D eigenvalue weighted by Crippen LogP contribution is 2.24. The summed E-state index contributed by atoms with van der Waals surface area (Å²) in [6.45, 7) is 7.93. The molecule has 140 valence electrons. The molecular weight excluding hydrogens is 372 g/mol. The lowest BCUT2D eigenvalue weighted by Crippen LogP contribution is -2.12. The molecule has 0 radical (unpaired) electrons. The molecule has 26 heavy (non-hydrogen) atoms. The molecule has 2 heterocycles. The third-order valence-corrected chi connectivity index (χ3v) is 5.11. The summed E-state index contributed by atoms with van der Waals surface area (Å²) in [7, 11) is 0. The minimum absolute atomic E-state index is 0.154. The SMILES string of the molecule is Cc1cc(SCCC(=O)Nc2nc(C)c(C(=O)OCC(C)C)s2)ncn1. The van der Waals surface area contributed by atoms with Crippen LogP contribution in [0.4, 0.5) is 5.13 Å². The van der Waals surface area contributed by atoms with Crippen molar-refractivity contribution in [1.29, 1.82) is 0 Å². The molecule has 0 atom stereocenters. The van der Waals surface area contributed by atoms with Gasteiger partial charge in [-0.2, -0.15) is 0 Å². The predicted molar refractivity (Wildman–Crippen MR) is 103 cm³/mol. The highest BCUT2D eigenvalue weighted by Gasteiger charge is 2.18. The molecule has 2 rings (SSSR count). The number of thiazole rings is 1. The second-order valence-electron chi connectivity index (χ2n) is 6.07. The van der Waals surface area contributed by atoms with Gasteiger partial charge in [0.25, 0.3) is 0 Å². The average molecular weight is 395 g/mol. The molecule has 9 heteroatoms. The minimum Gasteiger partial charge on any atom is -0.461 e. The standard InChI is InChI=1S/C17H22N4O3S2/c1-10(2)8-24-16(23)15-12(4)20-17(26-15)21-13(22)5-6-25-14-7-11(3)18-9-19-14/h7,9-10H,5-6,8H2,1-4H3,(H,20,21,22). The van der Waals surface area contributed by atoms with Gasteiger partial charge in [0, 0.05) is 17.9 Å². The molecule has 0 saturated carbocycles. The summed E-state index contributed by atoms with van der Waals surface area (Å²) in [4.78, 5) is 37.0. The fourth-order valence-electron chi connectivity index (χ4n) is 1.89. The second-order valence-corrected chi connectivity index (χ2v) is 8.18. The number of ether oxygens (including phenoxy) is 1. The third-order valence-electron chi connectivity index (χ3n) is 3.13. The smallest absolute Gasteiger partial charge is 0.350 e. The van der Waals surface area contributed by atoms with E-state index >= 15 is 0 Å². The van der Waals surface area contributed by atoms with E-state index in [1.54, 1.807) is 6.92 Å². The molecule has 7 nitrogen and oxygen atoms in total. The maximum Gasteiger partial charge on any atom is 0.350 e. The summed E-state index contributed by atoms with van der Waals surface area (Å²) >= 11 is 2.63. The fraction of sp³-hybridized carbons (Fsp3) is 0.471. The van der Waals surface area contributed by atoms with Gasteiger partial charge in [-0.15, -0.1) is 11.8 Å². The van der Waals surface area contributed by atoms with Crippen LogP contribution in [-0.2, 0) is 9.53 Å². The molecule has 0 aliphatic carbocycles. The van der Waals surface area contributed by atoms with Crippen LogP contribution in [-0.4, -0.2) is 39.2 Å². The number of rotatable bonds is 8. The molecule has 0 unspecified atom stereocenters. The number of aromatic nitrogens is 3. The summed E-state index contributed by atoms with van der Waals surface area (Å²) in [6, 6.07) is 1.88. The Morgan fingerprint density at radius 2 is 2.08 bits per heavy atom. The lowest BCUT2D eigenvalue weighted by Gasteiger charge is -2.05. The van der Waals surface area contributed by atoms with Crippen molar-refractivity contribution < 1.29 is 14.3 Å². The number of thioether (sulfide) groups is 1. The Morgan fingerprint density at radius 3 is 2.77 bits per heavy atom. The normalized spacial score (nSPS) is 10.8. The van der Waals surface area contributed by atoms with Gasteiger partial charge in [-0.1, -0.05) is 25.2 Å². The summed E-state index contributed by atoms with van der Waals surface area (Å²) in [5, 5.41) is 3.98. The number of carbonyl (C=O) groups excluding carboxylic acids is 2. The molecule has 0 aliphatic heterocycles. The molecule has 1 N–H and O–H groups in total. The van der Waals surface area contributed by atoms with Crippen LogP contribution >= 0.6 is 23.1 Å². The number of aryl methyl sites for hydroxylation is 2. The molecular formula is C17H22N4O3S2. The van der Waals surface area contributed by atoms with Crippen molar-refractivity contribution in [3.63, 3.8) is 0 Å². The number of carbonyl (C=O) groups is 2. The van der Waals surface area contributed by atoms with Gasteiger partial charge >= 0.3 is 5.97 Å². The van der Waals surface area contributed by atoms with Crippen LogP contribution in [0.15, 0.2) is 17.4 Å². The van der Waals surface area contributed by atoms with Crippen LogP contribution in [0.5, 0.6) is 0 Å². The number of amides is 1. The monoisotopic (exact) mass is 394 g/mol. The van der Waals surface area contributed by atoms with Crippen molar-refractivity contribution in [2.75, 3.05) is 17.7 Å². The van der Waals surface area contributed by atoms with Gasteiger partial charge in [0.15, 0.2) is 5.13 Å². The Kier molecular flexibility index (Phi) is 7.52. The van der Waals surface area contributed by atoms with E-state index in [0.29, 0.717) is 34.5 Å². The first-order valence-electron chi connectivity index (χ1n) is 8.21. The third kappa shape index (κ3) is 6.38. The zero-order valence-electron chi connectivity index (χ0n) is 15.2. The van der Waals surface area contributed by atoms with E-state index in [1.165, 1.54) is 18.1 Å². The summed E-state index contributed by atoms with van der Waals surface area (Å²) in [5.74, 6) is 0.307. The highest BCUT2D eigenvalue weighted by molar-refractivity contribution is 7.99. The van der Waals surface area contributed by atoms with Crippen LogP contribution < -0.4 is 5.32 Å². The van der Waals surface area contributed by atoms with Crippen LogP contribution in [0.1, 0.15) is 41.3 Å². The van der Waals surface area contributed by atoms with Crippen LogP contribution in [0.3, 0.4) is 0 Å². The quantitative estimate of drug-likeness (QED) is 0.416. The second kappa shape index (κ2) is 9.63. The Bertz CT molecular complexity index is 777. The van der Waals surface area contributed by atoms with E-state index in [0.717, 1.165) is 22.1 Å². The van der Waals surface area contributed by atoms with Gasteiger partial charge in [-0.3, -0.25) is 4.79 Å². The van der Waals surface area contributed by atoms with Gasteiger partial charge in [0.05, 0.1) is 17.3 Å². The molecule has 0 fully saturated rings. The summed E-state index contributed by atoms with van der Waals surface area (Å²) < 4.78 is 5.22. The average Bonchev–Trinajstić information content (AvgIpc) is 2.93. The molecule has 0 bridgehead atoms. The molecule has 0 aromatic carbocycles. The number of nitrogens with zero attached hydrogens (tertiary/aromatic N) is 3. The van der Waals surface area contributed by atoms with Crippen molar-refractivity contribution in [1.82, 2.24) is 15.0 Å². The van der Waals surface area contributed by atoms with Gasteiger partial charge < -0.3 is 10.1 Å². The van der Waals surface area contributed by atoms with Crippen molar-refractivity contribution in [3.8, 4) is 0 Å². The van der Waals surface area contributed by atoms with Crippen molar-refractivity contribution in [2.24, 2.45) is 5.92 Å². The fourth-order valence-corrected chi connectivity index (χ4v) is 3.63. The Hall–Kier alpha value is -2.00. The number of hydrogen-bond donors (Lipinski definition) is 1. The van der Waals surface area contributed by atoms with Crippen LogP contribution in [0, 0.1) is 19.8 Å². The Labute approximate surface area is 161 Å². The van der Waals surface area contributed by atoms with Gasteiger partial charge in [0.2, 0.25) is 5.91 Å². The first-order valence-corrected chi connectivity index (χ1v) is 10.0. The molecule has 0 saturated heterocycles. The molecule has 2 aromatic rings. The highest BCUT2D eigenvalue weighted by atomic mass is 32.2. The van der Waals surface area contributed by atoms with E-state index in [-0.39, 0.29) is 11.8 Å². The topological polar surface area (TPSA) is 94.1 Å². The van der Waals surface area contributed by atoms with E-state index in [4.69, 9.17) is 4.74 Å². The van der Waals surface area contributed by atoms with Crippen molar-refractivity contribution in [2.45, 2.75) is 39.1 Å². The molecule has 0 spiro atoms. The van der Waals surface area contributed by atoms with Gasteiger partial charge in [-0.05, 0) is 25.8 Å². The van der Waals surface area contributed by atoms with Crippen molar-refractivity contribution in [3.05, 3.63) is 28.7 Å². The van der Waals surface area contributed by atoms with E-state index in [1.807, 2.05) is 26.8 Å². The van der Waals surface area contributed by atoms with Crippen LogP contribution in [0.25, 0.3) is 0 Å². The summed E-state index contributed by atoms with van der Waals surface area (Å²) in [6.07, 6.45) is 1.83. The number of esters is 1. The predicted octanol–water partition coefficient (Wildman–Crippen LogP) is 3.48. The molecule has 1 amide bonds. The van der Waals surface area contributed by atoms with E-state index in [2.05, 4.69) is 20.3 Å². The first kappa shape index (κ1) is 20.3. The first-order chi connectivity index (χ1) is 12.3. The lowest BCUT2D eigenvalue weighted by atomic mass is 10.2. The molecule has 0 aliphatic rings. The van der Waals surface area contributed by atoms with E-state index in [9.17, 15) is 9.59 Å². The van der Waals surface area contributed by atoms with Gasteiger partial charge in [-0.25, -0.2) is 19.7 Å². The Balaban J connectivity index is 1.83. The lowest BCUT2D eigenvalue weighted by molar-refractivity contribution is -0.115. The summed E-state index contributed by atoms with van der Waals surface area (Å²) in [5.41, 5.74) is 1.45. The largest absolute Gasteiger partial charge is 0.461 e. The zero-order valence-corrected chi connectivity index (χ0v) is 16.9. The maximum absolute atomic E-state index is 12.1. The number of nitrogens with one attached hydrogen (secondary N) is 1. The van der Waals surface area contributed by atoms with E-state index < -0.39 is 5.97 Å². The number of anilines is 1. The number of hydrogen-bond acceptors (Lipinski definition) is 8. The van der Waals surface area contributed by atoms with Crippen molar-refractivity contribution >= 4 is 40.1 Å². The zero-order chi connectivity index (χ0) is 19.1. The minimum atomic E-state index is -0.399. The van der Waals surface area contributed by atoms with Crippen LogP contribution in [0.2, 0.25) is 0 Å².